The third kappa shape index (κ3) is 4.30. The molecule has 2 aromatic rings. The van der Waals surface area contributed by atoms with Crippen LogP contribution in [0.4, 0.5) is 17.6 Å². The monoisotopic (exact) mass is 377 g/mol. The summed E-state index contributed by atoms with van der Waals surface area (Å²) < 4.78 is 53.7. The number of thiophene rings is 1. The number of carbonyl (C=O) groups excluding carboxylic acids is 1. The number of rotatable bonds is 6. The van der Waals surface area contributed by atoms with Crippen molar-refractivity contribution >= 4 is 29.0 Å². The number of carbonyl (C=O) groups is 1. The van der Waals surface area contributed by atoms with Crippen molar-refractivity contribution in [3.8, 4) is 0 Å². The number of benzene rings is 1. The van der Waals surface area contributed by atoms with Crippen molar-refractivity contribution in [1.29, 1.82) is 0 Å². The molecule has 1 aromatic carbocycles. The van der Waals surface area contributed by atoms with E-state index >= 15 is 0 Å². The van der Waals surface area contributed by atoms with Gasteiger partial charge >= 0.3 is 0 Å². The van der Waals surface area contributed by atoms with Crippen molar-refractivity contribution in [3.63, 3.8) is 0 Å². The van der Waals surface area contributed by atoms with E-state index in [1.54, 1.807) is 13.8 Å². The molecule has 0 saturated carbocycles. The molecule has 0 aliphatic rings. The van der Waals surface area contributed by atoms with Crippen molar-refractivity contribution in [3.05, 3.63) is 51.7 Å². The second-order valence-electron chi connectivity index (χ2n) is 5.73. The zero-order valence-corrected chi connectivity index (χ0v) is 14.6. The summed E-state index contributed by atoms with van der Waals surface area (Å²) in [4.78, 5) is 12.4. The lowest BCUT2D eigenvalue weighted by Gasteiger charge is -2.23. The Morgan fingerprint density at radius 2 is 1.83 bits per heavy atom. The predicted molar refractivity (Wildman–Crippen MR) is 86.9 cm³/mol. The smallest absolute Gasteiger partial charge is 0.226 e. The standard InChI is InChI=1S/C16H15F4NOS2/c1-16(2,15(22)21-7-9-4-3-5-23-9)8-24-14-12(19)10(17)6-11(18)13(14)20/h3-6H,7-8H2,1-2H3,(H,21,22). The van der Waals surface area contributed by atoms with E-state index in [2.05, 4.69) is 5.32 Å². The van der Waals surface area contributed by atoms with Gasteiger partial charge in [-0.3, -0.25) is 4.79 Å². The van der Waals surface area contributed by atoms with E-state index in [0.717, 1.165) is 4.88 Å². The van der Waals surface area contributed by atoms with Crippen molar-refractivity contribution in [2.24, 2.45) is 5.41 Å². The maximum atomic E-state index is 13.7. The predicted octanol–water partition coefficient (Wildman–Crippen LogP) is 4.74. The van der Waals surface area contributed by atoms with Crippen LogP contribution < -0.4 is 5.32 Å². The highest BCUT2D eigenvalue weighted by molar-refractivity contribution is 7.99. The first-order chi connectivity index (χ1) is 11.2. The number of thioether (sulfide) groups is 1. The van der Waals surface area contributed by atoms with E-state index in [-0.39, 0.29) is 17.7 Å². The number of nitrogens with one attached hydrogen (secondary N) is 1. The summed E-state index contributed by atoms with van der Waals surface area (Å²) in [6.45, 7) is 3.53. The quantitative estimate of drug-likeness (QED) is 0.448. The minimum Gasteiger partial charge on any atom is -0.351 e. The first-order valence-electron chi connectivity index (χ1n) is 6.99. The Hall–Kier alpha value is -1.54. The van der Waals surface area contributed by atoms with Gasteiger partial charge in [-0.1, -0.05) is 19.9 Å². The van der Waals surface area contributed by atoms with Gasteiger partial charge in [0.25, 0.3) is 0 Å². The van der Waals surface area contributed by atoms with Crippen LogP contribution in [0, 0.1) is 28.7 Å². The lowest BCUT2D eigenvalue weighted by atomic mass is 9.95. The zero-order chi connectivity index (χ0) is 17.9. The summed E-state index contributed by atoms with van der Waals surface area (Å²) in [6, 6.07) is 3.89. The molecule has 0 radical (unpaired) electrons. The Morgan fingerprint density at radius 3 is 2.38 bits per heavy atom. The van der Waals surface area contributed by atoms with Crippen LogP contribution >= 0.6 is 23.1 Å². The molecule has 0 bridgehead atoms. The van der Waals surface area contributed by atoms with Crippen molar-refractivity contribution in [2.45, 2.75) is 25.3 Å². The topological polar surface area (TPSA) is 29.1 Å². The summed E-state index contributed by atoms with van der Waals surface area (Å²) >= 11 is 2.06. The van der Waals surface area contributed by atoms with Gasteiger partial charge in [0.1, 0.15) is 0 Å². The van der Waals surface area contributed by atoms with Crippen LogP contribution in [-0.2, 0) is 11.3 Å². The van der Waals surface area contributed by atoms with E-state index < -0.39 is 33.6 Å². The van der Waals surface area contributed by atoms with Gasteiger partial charge in [-0.2, -0.15) is 0 Å². The van der Waals surface area contributed by atoms with Gasteiger partial charge in [-0.15, -0.1) is 23.1 Å². The highest BCUT2D eigenvalue weighted by Crippen LogP contribution is 2.33. The number of hydrogen-bond acceptors (Lipinski definition) is 3. The molecular formula is C16H15F4NOS2. The summed E-state index contributed by atoms with van der Waals surface area (Å²) in [6.07, 6.45) is 0. The molecule has 0 atom stereocenters. The average Bonchev–Trinajstić information content (AvgIpc) is 3.04. The van der Waals surface area contributed by atoms with E-state index in [9.17, 15) is 22.4 Å². The Labute approximate surface area is 145 Å². The van der Waals surface area contributed by atoms with Crippen LogP contribution in [0.2, 0.25) is 0 Å². The molecule has 130 valence electrons. The van der Waals surface area contributed by atoms with Gasteiger partial charge in [-0.05, 0) is 11.4 Å². The molecular weight excluding hydrogens is 362 g/mol. The van der Waals surface area contributed by atoms with E-state index in [0.29, 0.717) is 18.3 Å². The lowest BCUT2D eigenvalue weighted by Crippen LogP contribution is -2.38. The van der Waals surface area contributed by atoms with Crippen molar-refractivity contribution in [1.82, 2.24) is 5.32 Å². The van der Waals surface area contributed by atoms with Gasteiger partial charge in [-0.25, -0.2) is 17.6 Å². The van der Waals surface area contributed by atoms with Gasteiger partial charge in [0.05, 0.1) is 16.9 Å². The van der Waals surface area contributed by atoms with Gasteiger partial charge < -0.3 is 5.32 Å². The minimum atomic E-state index is -1.46. The maximum Gasteiger partial charge on any atom is 0.226 e. The summed E-state index contributed by atoms with van der Waals surface area (Å²) in [5.74, 6) is -6.18. The Kier molecular flexibility index (Phi) is 5.92. The van der Waals surface area contributed by atoms with Crippen molar-refractivity contribution < 1.29 is 22.4 Å². The molecule has 2 nitrogen and oxygen atoms in total. The molecule has 0 aliphatic heterocycles. The second-order valence-corrected chi connectivity index (χ2v) is 7.75. The van der Waals surface area contributed by atoms with E-state index in [1.807, 2.05) is 17.5 Å². The highest BCUT2D eigenvalue weighted by Gasteiger charge is 2.30. The molecule has 0 unspecified atom stereocenters. The van der Waals surface area contributed by atoms with E-state index in [1.165, 1.54) is 11.3 Å². The normalized spacial score (nSPS) is 11.6. The Balaban J connectivity index is 2.03. The molecule has 0 spiro atoms. The van der Waals surface area contributed by atoms with Crippen LogP contribution in [0.5, 0.6) is 0 Å². The fourth-order valence-electron chi connectivity index (χ4n) is 1.82. The highest BCUT2D eigenvalue weighted by atomic mass is 32.2. The fraction of sp³-hybridized carbons (Fsp3) is 0.312. The summed E-state index contributed by atoms with van der Waals surface area (Å²) in [5.41, 5.74) is -0.983. The number of amides is 1. The molecule has 24 heavy (non-hydrogen) atoms. The van der Waals surface area contributed by atoms with Gasteiger partial charge in [0, 0.05) is 16.7 Å². The molecule has 2 rings (SSSR count). The molecule has 1 heterocycles. The largest absolute Gasteiger partial charge is 0.351 e. The third-order valence-corrected chi connectivity index (χ3v) is 5.66. The van der Waals surface area contributed by atoms with E-state index in [4.69, 9.17) is 0 Å². The maximum absolute atomic E-state index is 13.7. The molecule has 0 aliphatic carbocycles. The van der Waals surface area contributed by atoms with Crippen LogP contribution in [0.25, 0.3) is 0 Å². The first-order valence-corrected chi connectivity index (χ1v) is 8.85. The number of halogens is 4. The number of hydrogen-bond donors (Lipinski definition) is 1. The lowest BCUT2D eigenvalue weighted by molar-refractivity contribution is -0.128. The zero-order valence-electron chi connectivity index (χ0n) is 13.0. The third-order valence-electron chi connectivity index (χ3n) is 3.27. The molecule has 1 amide bonds. The Bertz CT molecular complexity index is 706. The van der Waals surface area contributed by atoms with Crippen LogP contribution in [0.15, 0.2) is 28.5 Å². The summed E-state index contributed by atoms with van der Waals surface area (Å²) in [7, 11) is 0. The molecule has 1 N–H and O–H groups in total. The van der Waals surface area contributed by atoms with Gasteiger partial charge in [0.2, 0.25) is 5.91 Å². The molecule has 0 fully saturated rings. The molecule has 8 heteroatoms. The van der Waals surface area contributed by atoms with Crippen LogP contribution in [0.3, 0.4) is 0 Å². The SMILES string of the molecule is CC(C)(CSc1c(F)c(F)cc(F)c1F)C(=O)NCc1cccs1. The molecule has 0 saturated heterocycles. The fourth-order valence-corrected chi connectivity index (χ4v) is 3.55. The van der Waals surface area contributed by atoms with Crippen LogP contribution in [-0.4, -0.2) is 11.7 Å². The summed E-state index contributed by atoms with van der Waals surface area (Å²) in [5, 5.41) is 4.62. The average molecular weight is 377 g/mol. The Morgan fingerprint density at radius 1 is 1.21 bits per heavy atom. The second kappa shape index (κ2) is 7.57. The first kappa shape index (κ1) is 18.8. The minimum absolute atomic E-state index is 0.0417. The van der Waals surface area contributed by atoms with Crippen molar-refractivity contribution in [2.75, 3.05) is 5.75 Å². The van der Waals surface area contributed by atoms with Crippen LogP contribution in [0.1, 0.15) is 18.7 Å². The van der Waals surface area contributed by atoms with Gasteiger partial charge in [0.15, 0.2) is 23.3 Å². The molecule has 1 aromatic heterocycles.